The van der Waals surface area contributed by atoms with Crippen LogP contribution in [-0.4, -0.2) is 22.2 Å². The van der Waals surface area contributed by atoms with Gasteiger partial charge in [0.1, 0.15) is 0 Å². The smallest absolute Gasteiger partial charge is 0.325 e. The van der Waals surface area contributed by atoms with Crippen LogP contribution in [0.5, 0.6) is 0 Å². The van der Waals surface area contributed by atoms with Crippen molar-refractivity contribution in [2.24, 2.45) is 5.41 Å². The lowest BCUT2D eigenvalue weighted by Gasteiger charge is -2.18. The molecule has 0 aromatic rings. The average molecular weight is 198 g/mol. The molecule has 4 nitrogen and oxygen atoms in total. The van der Waals surface area contributed by atoms with Gasteiger partial charge in [-0.25, -0.2) is 0 Å². The first-order valence-corrected chi connectivity index (χ1v) is 4.26. The predicted molar refractivity (Wildman–Crippen MR) is 51.9 cm³/mol. The number of rotatable bonds is 6. The van der Waals surface area contributed by atoms with Gasteiger partial charge < -0.3 is 10.2 Å². The summed E-state index contributed by atoms with van der Waals surface area (Å²) in [6.07, 6.45) is 4.51. The molecule has 0 rings (SSSR count). The van der Waals surface area contributed by atoms with E-state index < -0.39 is 17.4 Å². The lowest BCUT2D eigenvalue weighted by atomic mass is 9.84. The Morgan fingerprint density at radius 1 is 1.36 bits per heavy atom. The van der Waals surface area contributed by atoms with E-state index in [0.29, 0.717) is 6.42 Å². The minimum atomic E-state index is -1.86. The van der Waals surface area contributed by atoms with Crippen LogP contribution in [0.15, 0.2) is 24.8 Å². The van der Waals surface area contributed by atoms with Gasteiger partial charge in [-0.1, -0.05) is 25.2 Å². The highest BCUT2D eigenvalue weighted by Gasteiger charge is 2.42. The summed E-state index contributed by atoms with van der Waals surface area (Å²) < 4.78 is 0. The van der Waals surface area contributed by atoms with Crippen molar-refractivity contribution in [2.75, 3.05) is 0 Å². The molecule has 0 aliphatic rings. The largest absolute Gasteiger partial charge is 0.480 e. The van der Waals surface area contributed by atoms with E-state index in [1.807, 2.05) is 0 Å². The highest BCUT2D eigenvalue weighted by molar-refractivity contribution is 6.00. The molecule has 0 spiro atoms. The summed E-state index contributed by atoms with van der Waals surface area (Å²) >= 11 is 0. The Bertz CT molecular complexity index is 251. The summed E-state index contributed by atoms with van der Waals surface area (Å²) in [5, 5.41) is 17.7. The van der Waals surface area contributed by atoms with E-state index >= 15 is 0 Å². The number of aliphatic carboxylic acids is 2. The third-order valence-electron chi connectivity index (χ3n) is 1.87. The number of hydrogen-bond donors (Lipinski definition) is 2. The van der Waals surface area contributed by atoms with Gasteiger partial charge in [-0.05, 0) is 12.8 Å². The molecule has 0 atom stereocenters. The minimum absolute atomic E-state index is 0.117. The van der Waals surface area contributed by atoms with E-state index in [4.69, 9.17) is 10.2 Å². The second-order valence-electron chi connectivity index (χ2n) is 2.89. The highest BCUT2D eigenvalue weighted by atomic mass is 16.4. The molecule has 0 radical (unpaired) electrons. The first-order valence-electron chi connectivity index (χ1n) is 4.26. The van der Waals surface area contributed by atoms with Gasteiger partial charge in [-0.2, -0.15) is 0 Å². The number of carboxylic acid groups (broad SMARTS) is 2. The zero-order chi connectivity index (χ0) is 11.2. The Hall–Kier alpha value is -1.58. The third kappa shape index (κ3) is 2.45. The van der Waals surface area contributed by atoms with Crippen LogP contribution < -0.4 is 0 Å². The van der Waals surface area contributed by atoms with Gasteiger partial charge in [0.05, 0.1) is 0 Å². The van der Waals surface area contributed by atoms with Crippen molar-refractivity contribution < 1.29 is 19.8 Å². The number of hydrogen-bond acceptors (Lipinski definition) is 2. The van der Waals surface area contributed by atoms with Gasteiger partial charge in [-0.15, -0.1) is 6.58 Å². The standard InChI is InChI=1S/C10H14O4/c1-3-5-7-10(6-4-2,8(11)12)9(13)14/h4-5,7H,2-3,6H2,1H3,(H,11,12)(H,13,14)/b7-5+. The zero-order valence-corrected chi connectivity index (χ0v) is 8.06. The summed E-state index contributed by atoms with van der Waals surface area (Å²) in [4.78, 5) is 21.8. The molecule has 2 N–H and O–H groups in total. The van der Waals surface area contributed by atoms with Gasteiger partial charge in [-0.3, -0.25) is 9.59 Å². The monoisotopic (exact) mass is 198 g/mol. The second kappa shape index (κ2) is 5.21. The van der Waals surface area contributed by atoms with Gasteiger partial charge in [0.25, 0.3) is 0 Å². The van der Waals surface area contributed by atoms with Crippen molar-refractivity contribution >= 4 is 11.9 Å². The van der Waals surface area contributed by atoms with Crippen LogP contribution >= 0.6 is 0 Å². The maximum absolute atomic E-state index is 10.9. The second-order valence-corrected chi connectivity index (χ2v) is 2.89. The van der Waals surface area contributed by atoms with E-state index in [2.05, 4.69) is 6.58 Å². The Kier molecular flexibility index (Phi) is 4.63. The van der Waals surface area contributed by atoms with Crippen LogP contribution in [0, 0.1) is 5.41 Å². The lowest BCUT2D eigenvalue weighted by molar-refractivity contribution is -0.160. The predicted octanol–water partition coefficient (Wildman–Crippen LogP) is 1.68. The molecule has 0 aromatic carbocycles. The van der Waals surface area contributed by atoms with Crippen molar-refractivity contribution in [3.05, 3.63) is 24.8 Å². The fourth-order valence-electron chi connectivity index (χ4n) is 1.02. The molecule has 0 saturated carbocycles. The van der Waals surface area contributed by atoms with Crippen LogP contribution in [-0.2, 0) is 9.59 Å². The fraction of sp³-hybridized carbons (Fsp3) is 0.400. The van der Waals surface area contributed by atoms with Crippen molar-refractivity contribution in [3.8, 4) is 0 Å². The Balaban J connectivity index is 5.14. The molecule has 0 fully saturated rings. The summed E-state index contributed by atoms with van der Waals surface area (Å²) in [6.45, 7) is 5.16. The Labute approximate surface area is 82.6 Å². The lowest BCUT2D eigenvalue weighted by Crippen LogP contribution is -2.37. The van der Waals surface area contributed by atoms with Gasteiger partial charge in [0.15, 0.2) is 5.41 Å². The molecule has 0 bridgehead atoms. The summed E-state index contributed by atoms with van der Waals surface area (Å²) in [5.41, 5.74) is -1.86. The normalized spacial score (nSPS) is 11.5. The molecule has 0 amide bonds. The maximum Gasteiger partial charge on any atom is 0.325 e. The van der Waals surface area contributed by atoms with E-state index in [0.717, 1.165) is 0 Å². The first kappa shape index (κ1) is 12.4. The molecule has 4 heteroatoms. The summed E-state index contributed by atoms with van der Waals surface area (Å²) in [5.74, 6) is -2.73. The van der Waals surface area contributed by atoms with Crippen molar-refractivity contribution in [1.29, 1.82) is 0 Å². The molecule has 0 saturated heterocycles. The quantitative estimate of drug-likeness (QED) is 0.503. The molecule has 0 unspecified atom stereocenters. The van der Waals surface area contributed by atoms with Crippen LogP contribution in [0.25, 0.3) is 0 Å². The first-order chi connectivity index (χ1) is 6.51. The topological polar surface area (TPSA) is 74.6 Å². The van der Waals surface area contributed by atoms with E-state index in [9.17, 15) is 9.59 Å². The van der Waals surface area contributed by atoms with Crippen molar-refractivity contribution in [3.63, 3.8) is 0 Å². The fourth-order valence-corrected chi connectivity index (χ4v) is 1.02. The van der Waals surface area contributed by atoms with E-state index in [1.54, 1.807) is 6.92 Å². The number of carbonyl (C=O) groups is 2. The molecule has 0 heterocycles. The third-order valence-corrected chi connectivity index (χ3v) is 1.87. The maximum atomic E-state index is 10.9. The summed E-state index contributed by atoms with van der Waals surface area (Å²) in [7, 11) is 0. The SMILES string of the molecule is C=CCC(/C=C/CC)(C(=O)O)C(=O)O. The van der Waals surface area contributed by atoms with Crippen LogP contribution in [0.4, 0.5) is 0 Å². The summed E-state index contributed by atoms with van der Waals surface area (Å²) in [6, 6.07) is 0. The average Bonchev–Trinajstić information content (AvgIpc) is 2.11. The van der Waals surface area contributed by atoms with Crippen molar-refractivity contribution in [2.45, 2.75) is 19.8 Å². The Morgan fingerprint density at radius 3 is 2.14 bits per heavy atom. The van der Waals surface area contributed by atoms with Crippen LogP contribution in [0.1, 0.15) is 19.8 Å². The van der Waals surface area contributed by atoms with Gasteiger partial charge in [0, 0.05) is 0 Å². The van der Waals surface area contributed by atoms with Gasteiger partial charge in [0.2, 0.25) is 0 Å². The van der Waals surface area contributed by atoms with Crippen LogP contribution in [0.3, 0.4) is 0 Å². The molecule has 78 valence electrons. The number of carboxylic acids is 2. The highest BCUT2D eigenvalue weighted by Crippen LogP contribution is 2.25. The van der Waals surface area contributed by atoms with E-state index in [1.165, 1.54) is 18.2 Å². The molecule has 14 heavy (non-hydrogen) atoms. The van der Waals surface area contributed by atoms with Crippen LogP contribution in [0.2, 0.25) is 0 Å². The minimum Gasteiger partial charge on any atom is -0.480 e. The van der Waals surface area contributed by atoms with E-state index in [-0.39, 0.29) is 6.42 Å². The molecule has 0 aliphatic carbocycles. The Morgan fingerprint density at radius 2 is 1.86 bits per heavy atom. The molecular weight excluding hydrogens is 184 g/mol. The number of allylic oxidation sites excluding steroid dienone is 2. The molecule has 0 aromatic heterocycles. The zero-order valence-electron chi connectivity index (χ0n) is 8.06. The molecule has 0 aliphatic heterocycles. The van der Waals surface area contributed by atoms with Gasteiger partial charge >= 0.3 is 11.9 Å². The molecular formula is C10H14O4. The van der Waals surface area contributed by atoms with Crippen molar-refractivity contribution in [1.82, 2.24) is 0 Å².